The van der Waals surface area contributed by atoms with Crippen LogP contribution < -0.4 is 5.32 Å². The molecule has 0 aromatic carbocycles. The molecule has 0 spiro atoms. The number of nitrogens with one attached hydrogen (secondary N) is 1. The molecule has 1 N–H and O–H groups in total. The minimum atomic E-state index is 0.267. The molecule has 0 amide bonds. The SMILES string of the molecule is CCCC(C)CC1(CNC(C)(C)C)CCCC1. The number of rotatable bonds is 6. The van der Waals surface area contributed by atoms with Crippen molar-refractivity contribution in [3.05, 3.63) is 0 Å². The second-order valence-electron chi connectivity index (χ2n) is 7.41. The van der Waals surface area contributed by atoms with Gasteiger partial charge in [-0.25, -0.2) is 0 Å². The summed E-state index contributed by atoms with van der Waals surface area (Å²) in [4.78, 5) is 0. The molecule has 102 valence electrons. The van der Waals surface area contributed by atoms with Crippen molar-refractivity contribution in [3.63, 3.8) is 0 Å². The molecule has 0 saturated heterocycles. The standard InChI is InChI=1S/C16H33N/c1-6-9-14(2)12-16(10-7-8-11-16)13-17-15(3,4)5/h14,17H,6-13H2,1-5H3. The molecule has 1 heteroatoms. The molecule has 0 bridgehead atoms. The van der Waals surface area contributed by atoms with Gasteiger partial charge in [0.25, 0.3) is 0 Å². The number of hydrogen-bond acceptors (Lipinski definition) is 1. The summed E-state index contributed by atoms with van der Waals surface area (Å²) < 4.78 is 0. The van der Waals surface area contributed by atoms with E-state index in [1.54, 1.807) is 0 Å². The highest BCUT2D eigenvalue weighted by molar-refractivity contribution is 4.89. The van der Waals surface area contributed by atoms with Crippen LogP contribution in [0.2, 0.25) is 0 Å². The van der Waals surface area contributed by atoms with Crippen molar-refractivity contribution >= 4 is 0 Å². The third-order valence-electron chi connectivity index (χ3n) is 4.22. The Morgan fingerprint density at radius 2 is 1.76 bits per heavy atom. The van der Waals surface area contributed by atoms with E-state index in [1.807, 2.05) is 0 Å². The Bertz CT molecular complexity index is 208. The minimum Gasteiger partial charge on any atom is -0.312 e. The van der Waals surface area contributed by atoms with Crippen molar-refractivity contribution in [2.24, 2.45) is 11.3 Å². The first kappa shape index (κ1) is 15.0. The maximum absolute atomic E-state index is 3.75. The maximum atomic E-state index is 3.75. The third-order valence-corrected chi connectivity index (χ3v) is 4.22. The lowest BCUT2D eigenvalue weighted by molar-refractivity contribution is 0.193. The van der Waals surface area contributed by atoms with E-state index in [1.165, 1.54) is 51.5 Å². The van der Waals surface area contributed by atoms with Crippen molar-refractivity contribution in [1.82, 2.24) is 5.32 Å². The van der Waals surface area contributed by atoms with E-state index in [2.05, 4.69) is 39.9 Å². The first-order chi connectivity index (χ1) is 7.87. The monoisotopic (exact) mass is 239 g/mol. The predicted octanol–water partition coefficient (Wildman–Crippen LogP) is 4.76. The first-order valence-corrected chi connectivity index (χ1v) is 7.62. The molecule has 1 nitrogen and oxygen atoms in total. The van der Waals surface area contributed by atoms with Gasteiger partial charge in [0.2, 0.25) is 0 Å². The van der Waals surface area contributed by atoms with Gasteiger partial charge in [0.1, 0.15) is 0 Å². The van der Waals surface area contributed by atoms with Gasteiger partial charge in [-0.15, -0.1) is 0 Å². The summed E-state index contributed by atoms with van der Waals surface area (Å²) in [6.07, 6.45) is 9.97. The molecular formula is C16H33N. The fraction of sp³-hybridized carbons (Fsp3) is 1.00. The normalized spacial score (nSPS) is 21.7. The van der Waals surface area contributed by atoms with E-state index in [0.717, 1.165) is 5.92 Å². The Labute approximate surface area is 109 Å². The van der Waals surface area contributed by atoms with Gasteiger partial charge in [0.05, 0.1) is 0 Å². The van der Waals surface area contributed by atoms with Crippen LogP contribution in [0.15, 0.2) is 0 Å². The van der Waals surface area contributed by atoms with Gasteiger partial charge in [-0.05, 0) is 51.4 Å². The summed E-state index contributed by atoms with van der Waals surface area (Å²) >= 11 is 0. The van der Waals surface area contributed by atoms with Crippen LogP contribution >= 0.6 is 0 Å². The zero-order valence-electron chi connectivity index (χ0n) is 12.7. The molecule has 0 aliphatic heterocycles. The summed E-state index contributed by atoms with van der Waals surface area (Å²) in [5.41, 5.74) is 0.880. The van der Waals surface area contributed by atoms with E-state index >= 15 is 0 Å². The van der Waals surface area contributed by atoms with Crippen LogP contribution in [0, 0.1) is 11.3 Å². The van der Waals surface area contributed by atoms with E-state index in [0.29, 0.717) is 5.41 Å². The zero-order valence-corrected chi connectivity index (χ0v) is 12.7. The molecule has 1 fully saturated rings. The van der Waals surface area contributed by atoms with Crippen LogP contribution in [0.4, 0.5) is 0 Å². The second-order valence-corrected chi connectivity index (χ2v) is 7.41. The lowest BCUT2D eigenvalue weighted by Crippen LogP contribution is -2.43. The Morgan fingerprint density at radius 1 is 1.18 bits per heavy atom. The predicted molar refractivity (Wildman–Crippen MR) is 77.3 cm³/mol. The van der Waals surface area contributed by atoms with Crippen LogP contribution in [0.1, 0.15) is 79.6 Å². The Hall–Kier alpha value is -0.0400. The number of hydrogen-bond donors (Lipinski definition) is 1. The molecule has 1 unspecified atom stereocenters. The smallest absolute Gasteiger partial charge is 0.00967 e. The quantitative estimate of drug-likeness (QED) is 0.704. The molecule has 1 saturated carbocycles. The molecule has 0 radical (unpaired) electrons. The van der Waals surface area contributed by atoms with Gasteiger partial charge in [0.15, 0.2) is 0 Å². The van der Waals surface area contributed by atoms with Gasteiger partial charge < -0.3 is 5.32 Å². The van der Waals surface area contributed by atoms with Crippen molar-refractivity contribution in [1.29, 1.82) is 0 Å². The zero-order chi connectivity index (χ0) is 12.9. The molecule has 0 aromatic heterocycles. The Morgan fingerprint density at radius 3 is 2.24 bits per heavy atom. The average Bonchev–Trinajstić information content (AvgIpc) is 2.63. The van der Waals surface area contributed by atoms with Gasteiger partial charge in [0, 0.05) is 12.1 Å². The van der Waals surface area contributed by atoms with Gasteiger partial charge in [-0.1, -0.05) is 39.5 Å². The molecule has 17 heavy (non-hydrogen) atoms. The van der Waals surface area contributed by atoms with Gasteiger partial charge >= 0.3 is 0 Å². The van der Waals surface area contributed by atoms with Crippen molar-refractivity contribution in [2.45, 2.75) is 85.1 Å². The summed E-state index contributed by atoms with van der Waals surface area (Å²) in [6.45, 7) is 12.8. The highest BCUT2D eigenvalue weighted by atomic mass is 15.0. The fourth-order valence-electron chi connectivity index (χ4n) is 3.36. The summed E-state index contributed by atoms with van der Waals surface area (Å²) in [7, 11) is 0. The van der Waals surface area contributed by atoms with Crippen molar-refractivity contribution in [2.75, 3.05) is 6.54 Å². The average molecular weight is 239 g/mol. The molecule has 1 rings (SSSR count). The van der Waals surface area contributed by atoms with Crippen LogP contribution in [0.25, 0.3) is 0 Å². The molecular weight excluding hydrogens is 206 g/mol. The second kappa shape index (κ2) is 6.22. The third kappa shape index (κ3) is 5.42. The van der Waals surface area contributed by atoms with Crippen molar-refractivity contribution < 1.29 is 0 Å². The van der Waals surface area contributed by atoms with Crippen molar-refractivity contribution in [3.8, 4) is 0 Å². The topological polar surface area (TPSA) is 12.0 Å². The molecule has 1 aliphatic carbocycles. The molecule has 0 heterocycles. The summed E-state index contributed by atoms with van der Waals surface area (Å²) in [5.74, 6) is 0.903. The largest absolute Gasteiger partial charge is 0.312 e. The Kier molecular flexibility index (Phi) is 5.50. The highest BCUT2D eigenvalue weighted by Crippen LogP contribution is 2.43. The van der Waals surface area contributed by atoms with Gasteiger partial charge in [-0.2, -0.15) is 0 Å². The van der Waals surface area contributed by atoms with E-state index < -0.39 is 0 Å². The summed E-state index contributed by atoms with van der Waals surface area (Å²) in [6, 6.07) is 0. The first-order valence-electron chi connectivity index (χ1n) is 7.62. The van der Waals surface area contributed by atoms with Crippen LogP contribution in [0.3, 0.4) is 0 Å². The van der Waals surface area contributed by atoms with Crippen LogP contribution in [-0.2, 0) is 0 Å². The maximum Gasteiger partial charge on any atom is 0.00967 e. The van der Waals surface area contributed by atoms with Crippen LogP contribution in [-0.4, -0.2) is 12.1 Å². The van der Waals surface area contributed by atoms with Crippen LogP contribution in [0.5, 0.6) is 0 Å². The molecule has 0 aromatic rings. The lowest BCUT2D eigenvalue weighted by atomic mass is 9.76. The van der Waals surface area contributed by atoms with E-state index in [4.69, 9.17) is 0 Å². The van der Waals surface area contributed by atoms with Gasteiger partial charge in [-0.3, -0.25) is 0 Å². The summed E-state index contributed by atoms with van der Waals surface area (Å²) in [5, 5.41) is 3.75. The van der Waals surface area contributed by atoms with E-state index in [-0.39, 0.29) is 5.54 Å². The fourth-order valence-corrected chi connectivity index (χ4v) is 3.36. The molecule has 1 aliphatic rings. The minimum absolute atomic E-state index is 0.267. The van der Waals surface area contributed by atoms with E-state index in [9.17, 15) is 0 Å². The lowest BCUT2D eigenvalue weighted by Gasteiger charge is -2.35. The molecule has 1 atom stereocenters. The Balaban J connectivity index is 2.50. The highest BCUT2D eigenvalue weighted by Gasteiger charge is 2.35.